The fourth-order valence-corrected chi connectivity index (χ4v) is 4.78. The molecule has 1 aliphatic rings. The zero-order chi connectivity index (χ0) is 23.5. The van der Waals surface area contributed by atoms with Crippen molar-refractivity contribution in [2.45, 2.75) is 5.16 Å². The fraction of sp³-hybridized carbons (Fsp3) is 0.250. The van der Waals surface area contributed by atoms with Crippen molar-refractivity contribution < 1.29 is 9.53 Å². The van der Waals surface area contributed by atoms with Crippen molar-refractivity contribution in [2.75, 3.05) is 43.9 Å². The lowest BCUT2D eigenvalue weighted by molar-refractivity contribution is -0.128. The monoisotopic (exact) mass is 476 g/mol. The fourth-order valence-electron chi connectivity index (χ4n) is 4.02. The molecular weight excluding hydrogens is 452 g/mol. The zero-order valence-corrected chi connectivity index (χ0v) is 19.5. The Balaban J connectivity index is 1.28. The Labute approximate surface area is 200 Å². The molecule has 0 spiro atoms. The minimum atomic E-state index is -0.294. The molecular formula is C24H24N6O3S. The highest BCUT2D eigenvalue weighted by Gasteiger charge is 2.22. The summed E-state index contributed by atoms with van der Waals surface area (Å²) in [5, 5.41) is 5.10. The highest BCUT2D eigenvalue weighted by molar-refractivity contribution is 7.99. The number of carbonyl (C=O) groups is 1. The number of anilines is 1. The number of carbonyl (C=O) groups excluding carboxylic acids is 1. The van der Waals surface area contributed by atoms with E-state index < -0.39 is 0 Å². The van der Waals surface area contributed by atoms with Gasteiger partial charge >= 0.3 is 0 Å². The predicted molar refractivity (Wildman–Crippen MR) is 132 cm³/mol. The summed E-state index contributed by atoms with van der Waals surface area (Å²) in [6.45, 7) is 2.91. The number of H-pyrrole nitrogens is 1. The molecule has 0 bridgehead atoms. The maximum Gasteiger partial charge on any atom is 0.262 e. The van der Waals surface area contributed by atoms with Gasteiger partial charge < -0.3 is 19.5 Å². The number of aromatic amines is 1. The largest absolute Gasteiger partial charge is 0.494 e. The number of thioether (sulfide) groups is 1. The van der Waals surface area contributed by atoms with Crippen molar-refractivity contribution in [2.24, 2.45) is 0 Å². The normalized spacial score (nSPS) is 13.9. The number of fused-ring (bicyclic) bond motifs is 1. The molecule has 4 aromatic rings. The van der Waals surface area contributed by atoms with Crippen LogP contribution in [-0.2, 0) is 4.79 Å². The van der Waals surface area contributed by atoms with Gasteiger partial charge in [0.15, 0.2) is 10.8 Å². The third-order valence-corrected chi connectivity index (χ3v) is 6.67. The number of hydrogen-bond acceptors (Lipinski definition) is 7. The van der Waals surface area contributed by atoms with Crippen LogP contribution >= 0.6 is 11.8 Å². The summed E-state index contributed by atoms with van der Waals surface area (Å²) in [5.74, 6) is 0.843. The number of benzene rings is 2. The summed E-state index contributed by atoms with van der Waals surface area (Å²) < 4.78 is 7.01. The van der Waals surface area contributed by atoms with Gasteiger partial charge in [0.05, 0.1) is 19.1 Å². The number of nitrogens with zero attached hydrogens (tertiary/aromatic N) is 5. The molecule has 0 radical (unpaired) electrons. The van der Waals surface area contributed by atoms with Crippen LogP contribution in [0.4, 0.5) is 5.69 Å². The van der Waals surface area contributed by atoms with E-state index in [9.17, 15) is 9.59 Å². The molecule has 1 fully saturated rings. The van der Waals surface area contributed by atoms with E-state index >= 15 is 0 Å². The Morgan fingerprint density at radius 2 is 1.79 bits per heavy atom. The highest BCUT2D eigenvalue weighted by Crippen LogP contribution is 2.25. The number of para-hydroxylation sites is 3. The second-order valence-electron chi connectivity index (χ2n) is 7.83. The molecule has 1 amide bonds. The van der Waals surface area contributed by atoms with E-state index in [0.29, 0.717) is 40.7 Å². The number of rotatable bonds is 6. The van der Waals surface area contributed by atoms with E-state index in [-0.39, 0.29) is 17.2 Å². The molecule has 9 nitrogen and oxygen atoms in total. The highest BCUT2D eigenvalue weighted by atomic mass is 32.2. The Morgan fingerprint density at radius 1 is 1.06 bits per heavy atom. The average Bonchev–Trinajstić information content (AvgIpc) is 3.32. The van der Waals surface area contributed by atoms with E-state index in [0.717, 1.165) is 13.1 Å². The van der Waals surface area contributed by atoms with Crippen LogP contribution in [0.5, 0.6) is 5.75 Å². The number of nitrogens with one attached hydrogen (secondary N) is 1. The molecule has 10 heteroatoms. The van der Waals surface area contributed by atoms with Crippen molar-refractivity contribution >= 4 is 34.4 Å². The van der Waals surface area contributed by atoms with Crippen molar-refractivity contribution in [3.8, 4) is 11.4 Å². The van der Waals surface area contributed by atoms with E-state index in [1.54, 1.807) is 11.8 Å². The van der Waals surface area contributed by atoms with Crippen LogP contribution in [0.1, 0.15) is 0 Å². The van der Waals surface area contributed by atoms with Gasteiger partial charge in [-0.05, 0) is 24.3 Å². The molecule has 1 aliphatic heterocycles. The lowest BCUT2D eigenvalue weighted by Gasteiger charge is -2.36. The van der Waals surface area contributed by atoms with Crippen molar-refractivity contribution in [3.05, 3.63) is 71.1 Å². The van der Waals surface area contributed by atoms with Gasteiger partial charge in [0.2, 0.25) is 5.91 Å². The lowest BCUT2D eigenvalue weighted by Crippen LogP contribution is -2.49. The summed E-state index contributed by atoms with van der Waals surface area (Å²) in [4.78, 5) is 36.9. The van der Waals surface area contributed by atoms with Gasteiger partial charge in [0.25, 0.3) is 5.56 Å². The van der Waals surface area contributed by atoms with Gasteiger partial charge in [-0.25, -0.2) is 9.67 Å². The van der Waals surface area contributed by atoms with E-state index in [2.05, 4.69) is 32.1 Å². The van der Waals surface area contributed by atoms with Crippen LogP contribution in [0, 0.1) is 0 Å². The average molecular weight is 477 g/mol. The summed E-state index contributed by atoms with van der Waals surface area (Å²) >= 11 is 1.22. The third-order valence-electron chi connectivity index (χ3n) is 5.82. The van der Waals surface area contributed by atoms with Crippen molar-refractivity contribution in [1.29, 1.82) is 0 Å². The summed E-state index contributed by atoms with van der Waals surface area (Å²) in [6.07, 6.45) is 1.49. The Hall–Kier alpha value is -3.79. The van der Waals surface area contributed by atoms with Gasteiger partial charge in [-0.15, -0.1) is 0 Å². The Kier molecular flexibility index (Phi) is 6.22. The van der Waals surface area contributed by atoms with Crippen LogP contribution in [0.15, 0.2) is 70.7 Å². The van der Waals surface area contributed by atoms with Crippen LogP contribution in [0.2, 0.25) is 0 Å². The lowest BCUT2D eigenvalue weighted by atomic mass is 10.2. The molecule has 3 heterocycles. The SMILES string of the molecule is COc1ccccc1-n1ncc2c(=O)[nH]c(SCC(=O)N3CCN(c4ccccc4)CC3)nc21. The molecule has 2 aromatic carbocycles. The minimum absolute atomic E-state index is 0.0266. The summed E-state index contributed by atoms with van der Waals surface area (Å²) in [7, 11) is 1.58. The molecule has 34 heavy (non-hydrogen) atoms. The first-order valence-electron chi connectivity index (χ1n) is 11.0. The van der Waals surface area contributed by atoms with Gasteiger partial charge in [-0.2, -0.15) is 5.10 Å². The molecule has 1 saturated heterocycles. The molecule has 0 unspecified atom stereocenters. The summed E-state index contributed by atoms with van der Waals surface area (Å²) in [5.41, 5.74) is 1.98. The van der Waals surface area contributed by atoms with E-state index in [1.165, 1.54) is 23.6 Å². The molecule has 1 N–H and O–H groups in total. The number of hydrogen-bond donors (Lipinski definition) is 1. The Bertz CT molecular complexity index is 1360. The number of piperazine rings is 1. The topological polar surface area (TPSA) is 96.3 Å². The smallest absolute Gasteiger partial charge is 0.262 e. The molecule has 5 rings (SSSR count). The number of ether oxygens (including phenoxy) is 1. The first-order chi connectivity index (χ1) is 16.6. The van der Waals surface area contributed by atoms with Crippen LogP contribution in [-0.4, -0.2) is 69.6 Å². The van der Waals surface area contributed by atoms with Crippen molar-refractivity contribution in [3.63, 3.8) is 0 Å². The van der Waals surface area contributed by atoms with Crippen molar-refractivity contribution in [1.82, 2.24) is 24.6 Å². The van der Waals surface area contributed by atoms with Crippen LogP contribution < -0.4 is 15.2 Å². The van der Waals surface area contributed by atoms with Gasteiger partial charge in [0.1, 0.15) is 16.8 Å². The first-order valence-corrected chi connectivity index (χ1v) is 11.9. The van der Waals surface area contributed by atoms with E-state index in [1.807, 2.05) is 47.4 Å². The van der Waals surface area contributed by atoms with Crippen LogP contribution in [0.3, 0.4) is 0 Å². The number of amides is 1. The Morgan fingerprint density at radius 3 is 2.56 bits per heavy atom. The zero-order valence-electron chi connectivity index (χ0n) is 18.7. The maximum absolute atomic E-state index is 12.8. The molecule has 174 valence electrons. The first kappa shape index (κ1) is 22.0. The molecule has 2 aromatic heterocycles. The standard InChI is InChI=1S/C24H24N6O3S/c1-33-20-10-6-5-9-19(20)30-22-18(15-25-30)23(32)27-24(26-22)34-16-21(31)29-13-11-28(12-14-29)17-7-3-2-4-8-17/h2-10,15H,11-14,16H2,1H3,(H,26,27,32). The number of aromatic nitrogens is 4. The molecule has 0 aliphatic carbocycles. The molecule has 0 atom stereocenters. The second-order valence-corrected chi connectivity index (χ2v) is 8.79. The second kappa shape index (κ2) is 9.60. The third kappa shape index (κ3) is 4.36. The van der Waals surface area contributed by atoms with Gasteiger partial charge in [0, 0.05) is 31.9 Å². The van der Waals surface area contributed by atoms with Crippen LogP contribution in [0.25, 0.3) is 16.7 Å². The van der Waals surface area contributed by atoms with E-state index in [4.69, 9.17) is 4.74 Å². The quantitative estimate of drug-likeness (QED) is 0.337. The predicted octanol–water partition coefficient (Wildman–Crippen LogP) is 2.56. The minimum Gasteiger partial charge on any atom is -0.494 e. The number of methoxy groups -OCH3 is 1. The maximum atomic E-state index is 12.8. The molecule has 0 saturated carbocycles. The summed E-state index contributed by atoms with van der Waals surface area (Å²) in [6, 6.07) is 17.6. The van der Waals surface area contributed by atoms with Gasteiger partial charge in [-0.1, -0.05) is 42.1 Å². The van der Waals surface area contributed by atoms with Gasteiger partial charge in [-0.3, -0.25) is 9.59 Å².